The first kappa shape index (κ1) is 28.2. The molecule has 10 nitrogen and oxygen atoms in total. The summed E-state index contributed by atoms with van der Waals surface area (Å²) in [5, 5.41) is 14.9. The topological polar surface area (TPSA) is 144 Å². The lowest BCUT2D eigenvalue weighted by molar-refractivity contribution is -0.137. The maximum absolute atomic E-state index is 13.1. The number of ether oxygens (including phenoxy) is 2. The van der Waals surface area contributed by atoms with Gasteiger partial charge in [-0.2, -0.15) is 0 Å². The van der Waals surface area contributed by atoms with Crippen LogP contribution in [-0.4, -0.2) is 43.7 Å². The van der Waals surface area contributed by atoms with E-state index in [2.05, 4.69) is 10.6 Å². The first-order chi connectivity index (χ1) is 18.3. The standard InChI is InChI=1S/C28H32N2O8/c1-17-19-13-14-21(36-2)26(37-3)25(19)38-28(35)20(17)16-22(31)30-24(18-10-6-4-7-11-18)27(34)29-15-9-5-8-12-23(32)33/h4,6-7,10-11,13-14,24H,5,8-9,12,15-16H2,1-3H3,(H,29,34)(H,30,31)(H,32,33)/t24-/m1/s1. The average Bonchev–Trinajstić information content (AvgIpc) is 2.91. The maximum atomic E-state index is 13.1. The van der Waals surface area contributed by atoms with E-state index in [0.29, 0.717) is 48.1 Å². The highest BCUT2D eigenvalue weighted by molar-refractivity contribution is 5.92. The molecule has 3 rings (SSSR count). The highest BCUT2D eigenvalue weighted by Gasteiger charge is 2.25. The fraction of sp³-hybridized carbons (Fsp3) is 0.357. The number of nitrogens with one attached hydrogen (secondary N) is 2. The number of unbranched alkanes of at least 4 members (excludes halogenated alkanes) is 2. The van der Waals surface area contributed by atoms with Crippen LogP contribution in [0.5, 0.6) is 11.5 Å². The monoisotopic (exact) mass is 524 g/mol. The Kier molecular flexibility index (Phi) is 9.86. The second-order valence-corrected chi connectivity index (χ2v) is 8.75. The summed E-state index contributed by atoms with van der Waals surface area (Å²) in [7, 11) is 2.92. The molecule has 1 heterocycles. The van der Waals surface area contributed by atoms with E-state index in [1.807, 2.05) is 0 Å². The van der Waals surface area contributed by atoms with Gasteiger partial charge >= 0.3 is 11.6 Å². The van der Waals surface area contributed by atoms with Gasteiger partial charge in [0.05, 0.1) is 26.2 Å². The number of fused-ring (bicyclic) bond motifs is 1. The summed E-state index contributed by atoms with van der Waals surface area (Å²) in [5.41, 5.74) is 0.868. The molecule has 202 valence electrons. The number of hydrogen-bond acceptors (Lipinski definition) is 7. The van der Waals surface area contributed by atoms with Crippen molar-refractivity contribution in [2.45, 2.75) is 45.1 Å². The summed E-state index contributed by atoms with van der Waals surface area (Å²) in [6.45, 7) is 2.07. The van der Waals surface area contributed by atoms with Crippen LogP contribution in [0, 0.1) is 6.92 Å². The normalized spacial score (nSPS) is 11.6. The molecule has 0 aliphatic heterocycles. The second kappa shape index (κ2) is 13.3. The van der Waals surface area contributed by atoms with Gasteiger partial charge in [-0.05, 0) is 43.0 Å². The van der Waals surface area contributed by atoms with Crippen molar-refractivity contribution < 1.29 is 33.4 Å². The Balaban J connectivity index is 1.76. The summed E-state index contributed by atoms with van der Waals surface area (Å²) in [5.74, 6) is -1.08. The molecule has 0 saturated carbocycles. The molecule has 1 atom stereocenters. The Labute approximate surface area is 219 Å². The SMILES string of the molecule is COc1ccc2c(C)c(CC(=O)N[C@@H](C(=O)NCCCCCC(=O)O)c3ccccc3)c(=O)oc2c1OC. The molecule has 3 aromatic rings. The van der Waals surface area contributed by atoms with Crippen LogP contribution in [0.1, 0.15) is 48.4 Å². The number of aliphatic carboxylic acids is 1. The van der Waals surface area contributed by atoms with Crippen molar-refractivity contribution in [1.82, 2.24) is 10.6 Å². The largest absolute Gasteiger partial charge is 0.493 e. The number of carbonyl (C=O) groups excluding carboxylic acids is 2. The number of amides is 2. The van der Waals surface area contributed by atoms with Crippen molar-refractivity contribution in [3.63, 3.8) is 0 Å². The number of methoxy groups -OCH3 is 2. The van der Waals surface area contributed by atoms with Crippen LogP contribution in [0.25, 0.3) is 11.0 Å². The number of carboxylic acids is 1. The zero-order chi connectivity index (χ0) is 27.7. The molecule has 0 fully saturated rings. The summed E-state index contributed by atoms with van der Waals surface area (Å²) in [4.78, 5) is 49.6. The molecule has 3 N–H and O–H groups in total. The third-order valence-electron chi connectivity index (χ3n) is 6.20. The molecule has 2 amide bonds. The molecule has 0 unspecified atom stereocenters. The number of benzene rings is 2. The second-order valence-electron chi connectivity index (χ2n) is 8.75. The van der Waals surface area contributed by atoms with Crippen LogP contribution in [0.2, 0.25) is 0 Å². The predicted molar refractivity (Wildman–Crippen MR) is 140 cm³/mol. The summed E-state index contributed by atoms with van der Waals surface area (Å²) < 4.78 is 16.2. The summed E-state index contributed by atoms with van der Waals surface area (Å²) >= 11 is 0. The number of hydrogen-bond donors (Lipinski definition) is 3. The van der Waals surface area contributed by atoms with Crippen LogP contribution in [0.15, 0.2) is 51.7 Å². The van der Waals surface area contributed by atoms with Gasteiger partial charge in [0.2, 0.25) is 17.6 Å². The Hall–Kier alpha value is -4.34. The van der Waals surface area contributed by atoms with Crippen molar-refractivity contribution in [3.8, 4) is 11.5 Å². The molecule has 10 heteroatoms. The van der Waals surface area contributed by atoms with Crippen molar-refractivity contribution in [2.75, 3.05) is 20.8 Å². The molecular weight excluding hydrogens is 492 g/mol. The fourth-order valence-corrected chi connectivity index (χ4v) is 4.18. The number of rotatable bonds is 13. The van der Waals surface area contributed by atoms with Gasteiger partial charge in [0.25, 0.3) is 0 Å². The highest BCUT2D eigenvalue weighted by Crippen LogP contribution is 2.36. The van der Waals surface area contributed by atoms with Gasteiger partial charge < -0.3 is 29.6 Å². The number of aryl methyl sites for hydroxylation is 1. The Morgan fingerprint density at radius 2 is 1.74 bits per heavy atom. The number of carbonyl (C=O) groups is 3. The van der Waals surface area contributed by atoms with Crippen LogP contribution in [0.3, 0.4) is 0 Å². The van der Waals surface area contributed by atoms with Crippen molar-refractivity contribution in [3.05, 3.63) is 69.6 Å². The van der Waals surface area contributed by atoms with E-state index in [-0.39, 0.29) is 29.7 Å². The highest BCUT2D eigenvalue weighted by atomic mass is 16.5. The Bertz CT molecular complexity index is 1350. The molecule has 0 aliphatic rings. The van der Waals surface area contributed by atoms with E-state index in [9.17, 15) is 19.2 Å². The smallest absolute Gasteiger partial charge is 0.340 e. The lowest BCUT2D eigenvalue weighted by Crippen LogP contribution is -2.41. The van der Waals surface area contributed by atoms with Crippen molar-refractivity contribution in [2.24, 2.45) is 0 Å². The van der Waals surface area contributed by atoms with Gasteiger partial charge in [-0.1, -0.05) is 36.8 Å². The fourth-order valence-electron chi connectivity index (χ4n) is 4.18. The van der Waals surface area contributed by atoms with Gasteiger partial charge in [0.1, 0.15) is 6.04 Å². The molecule has 1 aromatic heterocycles. The first-order valence-electron chi connectivity index (χ1n) is 12.3. The predicted octanol–water partition coefficient (Wildman–Crippen LogP) is 3.28. The Morgan fingerprint density at radius 3 is 2.39 bits per heavy atom. The summed E-state index contributed by atoms with van der Waals surface area (Å²) in [6.07, 6.45) is 1.59. The zero-order valence-corrected chi connectivity index (χ0v) is 21.7. The molecule has 2 aromatic carbocycles. The van der Waals surface area contributed by atoms with Gasteiger partial charge in [-0.15, -0.1) is 0 Å². The molecule has 38 heavy (non-hydrogen) atoms. The first-order valence-corrected chi connectivity index (χ1v) is 12.3. The molecule has 0 bridgehead atoms. The zero-order valence-electron chi connectivity index (χ0n) is 21.7. The average molecular weight is 525 g/mol. The lowest BCUT2D eigenvalue weighted by atomic mass is 10.0. The number of carboxylic acid groups (broad SMARTS) is 1. The van der Waals surface area contributed by atoms with Crippen molar-refractivity contribution >= 4 is 28.8 Å². The van der Waals surface area contributed by atoms with Crippen molar-refractivity contribution in [1.29, 1.82) is 0 Å². The maximum Gasteiger partial charge on any atom is 0.340 e. The summed E-state index contributed by atoms with van der Waals surface area (Å²) in [6, 6.07) is 11.2. The van der Waals surface area contributed by atoms with E-state index in [1.165, 1.54) is 14.2 Å². The van der Waals surface area contributed by atoms with Gasteiger partial charge in [-0.25, -0.2) is 4.79 Å². The van der Waals surface area contributed by atoms with Gasteiger partial charge in [0.15, 0.2) is 11.3 Å². The minimum Gasteiger partial charge on any atom is -0.493 e. The molecule has 0 radical (unpaired) electrons. The minimum absolute atomic E-state index is 0.0825. The van der Waals surface area contributed by atoms with Crippen LogP contribution < -0.4 is 25.7 Å². The van der Waals surface area contributed by atoms with Gasteiger partial charge in [0, 0.05) is 18.4 Å². The third kappa shape index (κ3) is 6.90. The van der Waals surface area contributed by atoms with Crippen LogP contribution in [0.4, 0.5) is 0 Å². The van der Waals surface area contributed by atoms with Gasteiger partial charge in [-0.3, -0.25) is 14.4 Å². The Morgan fingerprint density at radius 1 is 1.00 bits per heavy atom. The third-order valence-corrected chi connectivity index (χ3v) is 6.20. The molecule has 0 aliphatic carbocycles. The van der Waals surface area contributed by atoms with E-state index in [0.717, 1.165) is 0 Å². The molecular formula is C28H32N2O8. The minimum atomic E-state index is -0.972. The van der Waals surface area contributed by atoms with E-state index in [1.54, 1.807) is 49.4 Å². The van der Waals surface area contributed by atoms with E-state index >= 15 is 0 Å². The van der Waals surface area contributed by atoms with E-state index < -0.39 is 29.5 Å². The van der Waals surface area contributed by atoms with E-state index in [4.69, 9.17) is 19.0 Å². The molecule has 0 saturated heterocycles. The van der Waals surface area contributed by atoms with Crippen LogP contribution >= 0.6 is 0 Å². The lowest BCUT2D eigenvalue weighted by Gasteiger charge is -2.19. The van der Waals surface area contributed by atoms with Crippen LogP contribution in [-0.2, 0) is 20.8 Å². The molecule has 0 spiro atoms. The quantitative estimate of drug-likeness (QED) is 0.228.